The van der Waals surface area contributed by atoms with E-state index in [-0.39, 0.29) is 0 Å². The molecule has 0 aliphatic carbocycles. The van der Waals surface area contributed by atoms with Gasteiger partial charge < -0.3 is 5.32 Å². The summed E-state index contributed by atoms with van der Waals surface area (Å²) in [5.41, 5.74) is 1.17. The average molecular weight is 289 g/mol. The Hall–Kier alpha value is -1.69. The highest BCUT2D eigenvalue weighted by Gasteiger charge is 2.12. The van der Waals surface area contributed by atoms with Crippen LogP contribution in [0.5, 0.6) is 0 Å². The Morgan fingerprint density at radius 1 is 1.10 bits per heavy atom. The van der Waals surface area contributed by atoms with Crippen molar-refractivity contribution >= 4 is 17.6 Å². The second-order valence-electron chi connectivity index (χ2n) is 4.33. The topological polar surface area (TPSA) is 63.6 Å². The van der Waals surface area contributed by atoms with E-state index in [1.165, 1.54) is 17.3 Å². The lowest BCUT2D eigenvalue weighted by atomic mass is 10.2. The molecule has 1 N–H and O–H groups in total. The van der Waals surface area contributed by atoms with Gasteiger partial charge in [0.1, 0.15) is 22.2 Å². The fourth-order valence-corrected chi connectivity index (χ4v) is 2.64. The number of hydrogen-bond donors (Lipinski definition) is 1. The van der Waals surface area contributed by atoms with Gasteiger partial charge in [0.15, 0.2) is 0 Å². The van der Waals surface area contributed by atoms with Crippen LogP contribution >= 0.6 is 11.8 Å². The lowest BCUT2D eigenvalue weighted by Crippen LogP contribution is -2.07. The average Bonchev–Trinajstić information content (AvgIpc) is 2.49. The van der Waals surface area contributed by atoms with Crippen LogP contribution in [0.1, 0.15) is 32.3 Å². The molecule has 0 aromatic carbocycles. The molecule has 6 heteroatoms. The van der Waals surface area contributed by atoms with E-state index >= 15 is 0 Å². The van der Waals surface area contributed by atoms with Crippen molar-refractivity contribution in [3.63, 3.8) is 0 Å². The summed E-state index contributed by atoms with van der Waals surface area (Å²) >= 11 is 1.54. The predicted molar refractivity (Wildman–Crippen MR) is 81.0 cm³/mol. The summed E-state index contributed by atoms with van der Waals surface area (Å²) in [6, 6.07) is 0. The van der Waals surface area contributed by atoms with Crippen molar-refractivity contribution in [2.45, 2.75) is 43.2 Å². The van der Waals surface area contributed by atoms with Crippen LogP contribution in [-0.4, -0.2) is 26.5 Å². The van der Waals surface area contributed by atoms with Crippen molar-refractivity contribution in [1.29, 1.82) is 0 Å². The van der Waals surface area contributed by atoms with Crippen molar-refractivity contribution in [1.82, 2.24) is 19.9 Å². The highest BCUT2D eigenvalue weighted by Crippen LogP contribution is 2.30. The van der Waals surface area contributed by atoms with Gasteiger partial charge in [0.25, 0.3) is 0 Å². The molecule has 5 nitrogen and oxygen atoms in total. The van der Waals surface area contributed by atoms with Gasteiger partial charge in [0, 0.05) is 24.5 Å². The number of aromatic nitrogens is 4. The van der Waals surface area contributed by atoms with Crippen molar-refractivity contribution < 1.29 is 0 Å². The minimum absolute atomic E-state index is 0.852. The van der Waals surface area contributed by atoms with E-state index in [1.54, 1.807) is 24.9 Å². The molecule has 0 aliphatic heterocycles. The molecule has 2 aromatic rings. The van der Waals surface area contributed by atoms with Crippen LogP contribution in [0.3, 0.4) is 0 Å². The Balaban J connectivity index is 2.26. The second kappa shape index (κ2) is 7.79. The molecule has 0 saturated carbocycles. The number of anilines is 1. The van der Waals surface area contributed by atoms with Gasteiger partial charge in [-0.1, -0.05) is 20.3 Å². The van der Waals surface area contributed by atoms with Gasteiger partial charge in [-0.25, -0.2) is 15.0 Å². The monoisotopic (exact) mass is 289 g/mol. The van der Waals surface area contributed by atoms with Crippen LogP contribution in [0, 0.1) is 0 Å². The SMILES string of the molecule is CCCNc1ncnc(Sc2cnccn2)c1CCC. The highest BCUT2D eigenvalue weighted by molar-refractivity contribution is 7.99. The minimum atomic E-state index is 0.852. The van der Waals surface area contributed by atoms with E-state index < -0.39 is 0 Å². The van der Waals surface area contributed by atoms with Crippen molar-refractivity contribution in [2.75, 3.05) is 11.9 Å². The van der Waals surface area contributed by atoms with Gasteiger partial charge in [-0.05, 0) is 24.6 Å². The van der Waals surface area contributed by atoms with Crippen LogP contribution < -0.4 is 5.32 Å². The lowest BCUT2D eigenvalue weighted by molar-refractivity contribution is 0.847. The van der Waals surface area contributed by atoms with Gasteiger partial charge >= 0.3 is 0 Å². The second-order valence-corrected chi connectivity index (χ2v) is 5.34. The van der Waals surface area contributed by atoms with Gasteiger partial charge in [0.2, 0.25) is 0 Å². The Morgan fingerprint density at radius 2 is 2.00 bits per heavy atom. The van der Waals surface area contributed by atoms with E-state index in [4.69, 9.17) is 0 Å². The molecule has 0 spiro atoms. The maximum Gasteiger partial charge on any atom is 0.133 e. The van der Waals surface area contributed by atoms with Crippen LogP contribution in [0.4, 0.5) is 5.82 Å². The summed E-state index contributed by atoms with van der Waals surface area (Å²) in [6.07, 6.45) is 9.81. The van der Waals surface area contributed by atoms with Crippen molar-refractivity contribution in [3.05, 3.63) is 30.5 Å². The maximum atomic E-state index is 4.41. The zero-order valence-electron chi connectivity index (χ0n) is 11.8. The fraction of sp³-hybridized carbons (Fsp3) is 0.429. The largest absolute Gasteiger partial charge is 0.370 e. The fourth-order valence-electron chi connectivity index (χ4n) is 1.79. The highest BCUT2D eigenvalue weighted by atomic mass is 32.2. The summed E-state index contributed by atoms with van der Waals surface area (Å²) < 4.78 is 0. The molecule has 2 aromatic heterocycles. The maximum absolute atomic E-state index is 4.41. The van der Waals surface area contributed by atoms with Crippen molar-refractivity contribution in [3.8, 4) is 0 Å². The molecule has 0 saturated heterocycles. The first-order valence-corrected chi connectivity index (χ1v) is 7.68. The van der Waals surface area contributed by atoms with Gasteiger partial charge in [0.05, 0.1) is 6.20 Å². The third kappa shape index (κ3) is 3.90. The molecule has 2 heterocycles. The normalized spacial score (nSPS) is 10.5. The molecule has 0 atom stereocenters. The molecule has 0 bridgehead atoms. The molecular formula is C14H19N5S. The van der Waals surface area contributed by atoms with E-state index in [2.05, 4.69) is 39.1 Å². The van der Waals surface area contributed by atoms with Crippen LogP contribution in [0.2, 0.25) is 0 Å². The summed E-state index contributed by atoms with van der Waals surface area (Å²) in [7, 11) is 0. The summed E-state index contributed by atoms with van der Waals surface area (Å²) in [5, 5.41) is 5.18. The van der Waals surface area contributed by atoms with E-state index in [0.717, 1.165) is 41.7 Å². The molecule has 0 aliphatic rings. The summed E-state index contributed by atoms with van der Waals surface area (Å²) in [5.74, 6) is 0.940. The first kappa shape index (κ1) is 14.7. The molecule has 0 radical (unpaired) electrons. The predicted octanol–water partition coefficient (Wildman–Crippen LogP) is 3.19. The van der Waals surface area contributed by atoms with Crippen LogP contribution in [0.15, 0.2) is 35.0 Å². The first-order chi connectivity index (χ1) is 9.85. The summed E-state index contributed by atoms with van der Waals surface area (Å²) in [4.78, 5) is 17.1. The Morgan fingerprint density at radius 3 is 2.70 bits per heavy atom. The number of nitrogens with zero attached hydrogens (tertiary/aromatic N) is 4. The van der Waals surface area contributed by atoms with Crippen molar-refractivity contribution in [2.24, 2.45) is 0 Å². The molecule has 20 heavy (non-hydrogen) atoms. The van der Waals surface area contributed by atoms with E-state index in [1.807, 2.05) is 0 Å². The smallest absolute Gasteiger partial charge is 0.133 e. The zero-order valence-corrected chi connectivity index (χ0v) is 12.7. The molecule has 106 valence electrons. The Bertz CT molecular complexity index is 532. The molecule has 2 rings (SSSR count). The minimum Gasteiger partial charge on any atom is -0.370 e. The number of hydrogen-bond acceptors (Lipinski definition) is 6. The zero-order chi connectivity index (χ0) is 14.2. The van der Waals surface area contributed by atoms with Crippen LogP contribution in [-0.2, 0) is 6.42 Å². The standard InChI is InChI=1S/C14H19N5S/c1-3-5-11-13(17-6-4-2)18-10-19-14(11)20-12-9-15-7-8-16-12/h7-10H,3-6H2,1-2H3,(H,17,18,19). The lowest BCUT2D eigenvalue weighted by Gasteiger charge is -2.12. The summed E-state index contributed by atoms with van der Waals surface area (Å²) in [6.45, 7) is 5.22. The molecule has 0 amide bonds. The van der Waals surface area contributed by atoms with Gasteiger partial charge in [-0.15, -0.1) is 0 Å². The molecule has 0 fully saturated rings. The molecular weight excluding hydrogens is 270 g/mol. The Kier molecular flexibility index (Phi) is 5.73. The van der Waals surface area contributed by atoms with Gasteiger partial charge in [-0.2, -0.15) is 0 Å². The number of rotatable bonds is 7. The van der Waals surface area contributed by atoms with Gasteiger partial charge in [-0.3, -0.25) is 4.98 Å². The first-order valence-electron chi connectivity index (χ1n) is 6.86. The molecule has 0 unspecified atom stereocenters. The number of nitrogens with one attached hydrogen (secondary N) is 1. The Labute approximate surface area is 123 Å². The quantitative estimate of drug-likeness (QED) is 0.790. The van der Waals surface area contributed by atoms with E-state index in [9.17, 15) is 0 Å². The third-order valence-electron chi connectivity index (χ3n) is 2.69. The van der Waals surface area contributed by atoms with Crippen LogP contribution in [0.25, 0.3) is 0 Å². The van der Waals surface area contributed by atoms with E-state index in [0.29, 0.717) is 0 Å². The third-order valence-corrected chi connectivity index (χ3v) is 3.65.